The third-order valence-corrected chi connectivity index (χ3v) is 2.93. The monoisotopic (exact) mass is 352 g/mol. The van der Waals surface area contributed by atoms with E-state index in [4.69, 9.17) is 9.15 Å². The molecule has 132 valence electrons. The van der Waals surface area contributed by atoms with E-state index in [1.807, 2.05) is 0 Å². The molecular weight excluding hydrogens is 338 g/mol. The number of esters is 1. The van der Waals surface area contributed by atoms with Gasteiger partial charge in [0.1, 0.15) is 0 Å². The second-order valence-corrected chi connectivity index (χ2v) is 4.82. The molecule has 25 heavy (non-hydrogen) atoms. The van der Waals surface area contributed by atoms with Crippen molar-refractivity contribution < 1.29 is 32.3 Å². The Morgan fingerprint density at radius 3 is 2.60 bits per heavy atom. The lowest BCUT2D eigenvalue weighted by molar-refractivity contribution is -0.147. The van der Waals surface area contributed by atoms with Gasteiger partial charge in [0.25, 0.3) is 11.8 Å². The standard InChI is InChI=1S/C16H14F2N2O5/c17-11-4-3-10(8-12(11)18)20-14(21)9-25-15(22)5-6-19-16(23)13-2-1-7-24-13/h1-4,7-8H,5-6,9H2,(H,19,23)(H,20,21). The van der Waals surface area contributed by atoms with Gasteiger partial charge in [0.05, 0.1) is 12.7 Å². The van der Waals surface area contributed by atoms with Gasteiger partial charge in [0.15, 0.2) is 24.0 Å². The Morgan fingerprint density at radius 2 is 1.92 bits per heavy atom. The Hall–Kier alpha value is -3.23. The fourth-order valence-corrected chi connectivity index (χ4v) is 1.76. The van der Waals surface area contributed by atoms with E-state index in [0.717, 1.165) is 12.1 Å². The summed E-state index contributed by atoms with van der Waals surface area (Å²) in [5.41, 5.74) is 0.0330. The van der Waals surface area contributed by atoms with Gasteiger partial charge in [-0.1, -0.05) is 0 Å². The third-order valence-electron chi connectivity index (χ3n) is 2.93. The number of furan rings is 1. The molecule has 2 aromatic rings. The number of rotatable bonds is 7. The average Bonchev–Trinajstić information content (AvgIpc) is 3.11. The Bertz CT molecular complexity index is 762. The summed E-state index contributed by atoms with van der Waals surface area (Å²) >= 11 is 0. The number of hydrogen-bond acceptors (Lipinski definition) is 5. The van der Waals surface area contributed by atoms with Crippen LogP contribution in [0.3, 0.4) is 0 Å². The molecule has 9 heteroatoms. The first kappa shape index (κ1) is 18.1. The lowest BCUT2D eigenvalue weighted by atomic mass is 10.3. The van der Waals surface area contributed by atoms with Crippen LogP contribution in [0.15, 0.2) is 41.0 Å². The fraction of sp³-hybridized carbons (Fsp3) is 0.188. The predicted octanol–water partition coefficient (Wildman–Crippen LogP) is 1.86. The molecule has 0 saturated heterocycles. The van der Waals surface area contributed by atoms with Crippen LogP contribution >= 0.6 is 0 Å². The summed E-state index contributed by atoms with van der Waals surface area (Å²) < 4.78 is 35.3. The number of halogens is 2. The topological polar surface area (TPSA) is 97.6 Å². The Morgan fingerprint density at radius 1 is 1.12 bits per heavy atom. The maximum absolute atomic E-state index is 13.0. The van der Waals surface area contributed by atoms with Crippen molar-refractivity contribution in [1.82, 2.24) is 5.32 Å². The van der Waals surface area contributed by atoms with Crippen molar-refractivity contribution in [2.75, 3.05) is 18.5 Å². The number of nitrogens with one attached hydrogen (secondary N) is 2. The van der Waals surface area contributed by atoms with Crippen molar-refractivity contribution in [2.24, 2.45) is 0 Å². The predicted molar refractivity (Wildman–Crippen MR) is 81.6 cm³/mol. The lowest BCUT2D eigenvalue weighted by Crippen LogP contribution is -2.27. The molecule has 1 heterocycles. The fourth-order valence-electron chi connectivity index (χ4n) is 1.76. The molecule has 7 nitrogen and oxygen atoms in total. The summed E-state index contributed by atoms with van der Waals surface area (Å²) in [5.74, 6) is -3.93. The minimum absolute atomic E-state index is 0.00313. The van der Waals surface area contributed by atoms with Crippen LogP contribution in [0.2, 0.25) is 0 Å². The molecule has 0 aliphatic carbocycles. The number of anilines is 1. The highest BCUT2D eigenvalue weighted by molar-refractivity contribution is 5.93. The van der Waals surface area contributed by atoms with Crippen LogP contribution in [0.4, 0.5) is 14.5 Å². The normalized spacial score (nSPS) is 10.2. The number of benzene rings is 1. The van der Waals surface area contributed by atoms with Crippen molar-refractivity contribution >= 4 is 23.5 Å². The van der Waals surface area contributed by atoms with Crippen molar-refractivity contribution in [1.29, 1.82) is 0 Å². The number of carbonyl (C=O) groups is 3. The highest BCUT2D eigenvalue weighted by atomic mass is 19.2. The van der Waals surface area contributed by atoms with E-state index in [1.165, 1.54) is 18.4 Å². The summed E-state index contributed by atoms with van der Waals surface area (Å²) in [6.07, 6.45) is 1.19. The molecule has 0 spiro atoms. The minimum atomic E-state index is -1.11. The summed E-state index contributed by atoms with van der Waals surface area (Å²) in [7, 11) is 0. The molecule has 0 saturated carbocycles. The second-order valence-electron chi connectivity index (χ2n) is 4.82. The van der Waals surface area contributed by atoms with Gasteiger partial charge in [-0.15, -0.1) is 0 Å². The SMILES string of the molecule is O=C(COC(=O)CCNC(=O)c1ccco1)Nc1ccc(F)c(F)c1. The van der Waals surface area contributed by atoms with Crippen LogP contribution in [0.25, 0.3) is 0 Å². The van der Waals surface area contributed by atoms with E-state index in [0.29, 0.717) is 0 Å². The van der Waals surface area contributed by atoms with Crippen LogP contribution < -0.4 is 10.6 Å². The molecule has 2 amide bonds. The van der Waals surface area contributed by atoms with E-state index >= 15 is 0 Å². The summed E-state index contributed by atoms with van der Waals surface area (Å²) in [5, 5.41) is 4.70. The van der Waals surface area contributed by atoms with Crippen molar-refractivity contribution in [3.63, 3.8) is 0 Å². The Balaban J connectivity index is 1.66. The van der Waals surface area contributed by atoms with Crippen LogP contribution in [-0.4, -0.2) is 30.9 Å². The number of amides is 2. The minimum Gasteiger partial charge on any atom is -0.459 e. The average molecular weight is 352 g/mol. The summed E-state index contributed by atoms with van der Waals surface area (Å²) in [4.78, 5) is 34.6. The zero-order chi connectivity index (χ0) is 18.2. The molecule has 0 aliphatic heterocycles. The summed E-state index contributed by atoms with van der Waals surface area (Å²) in [6, 6.07) is 5.85. The van der Waals surface area contributed by atoms with Crippen LogP contribution in [-0.2, 0) is 14.3 Å². The number of hydrogen-bond donors (Lipinski definition) is 2. The van der Waals surface area contributed by atoms with Gasteiger partial charge in [-0.25, -0.2) is 8.78 Å². The molecule has 1 aromatic heterocycles. The van der Waals surface area contributed by atoms with Crippen molar-refractivity contribution in [3.05, 3.63) is 54.0 Å². The van der Waals surface area contributed by atoms with E-state index in [2.05, 4.69) is 10.6 Å². The zero-order valence-electron chi connectivity index (χ0n) is 12.9. The van der Waals surface area contributed by atoms with E-state index < -0.39 is 36.0 Å². The van der Waals surface area contributed by atoms with Gasteiger partial charge in [0, 0.05) is 18.3 Å². The molecule has 2 rings (SSSR count). The quantitative estimate of drug-likeness (QED) is 0.741. The maximum atomic E-state index is 13.0. The van der Waals surface area contributed by atoms with Gasteiger partial charge >= 0.3 is 5.97 Å². The third kappa shape index (κ3) is 5.72. The van der Waals surface area contributed by atoms with Crippen molar-refractivity contribution in [2.45, 2.75) is 6.42 Å². The van der Waals surface area contributed by atoms with E-state index in [1.54, 1.807) is 6.07 Å². The second kappa shape index (κ2) is 8.57. The first-order valence-corrected chi connectivity index (χ1v) is 7.18. The number of ether oxygens (including phenoxy) is 1. The lowest BCUT2D eigenvalue weighted by Gasteiger charge is -2.07. The first-order valence-electron chi connectivity index (χ1n) is 7.18. The molecular formula is C16H14F2N2O5. The highest BCUT2D eigenvalue weighted by Crippen LogP contribution is 2.12. The summed E-state index contributed by atoms with van der Waals surface area (Å²) in [6.45, 7) is -0.590. The Labute approximate surface area is 141 Å². The van der Waals surface area contributed by atoms with E-state index in [9.17, 15) is 23.2 Å². The largest absolute Gasteiger partial charge is 0.459 e. The van der Waals surface area contributed by atoms with Gasteiger partial charge in [-0.3, -0.25) is 14.4 Å². The molecule has 1 aromatic carbocycles. The van der Waals surface area contributed by atoms with Crippen LogP contribution in [0, 0.1) is 11.6 Å². The maximum Gasteiger partial charge on any atom is 0.308 e. The first-order chi connectivity index (χ1) is 12.0. The smallest absolute Gasteiger partial charge is 0.308 e. The molecule has 0 fully saturated rings. The van der Waals surface area contributed by atoms with Gasteiger partial charge in [-0.05, 0) is 24.3 Å². The zero-order valence-corrected chi connectivity index (χ0v) is 12.9. The highest BCUT2D eigenvalue weighted by Gasteiger charge is 2.11. The van der Waals surface area contributed by atoms with Crippen molar-refractivity contribution in [3.8, 4) is 0 Å². The molecule has 0 atom stereocenters. The van der Waals surface area contributed by atoms with E-state index in [-0.39, 0.29) is 24.4 Å². The van der Waals surface area contributed by atoms with Crippen LogP contribution in [0.5, 0.6) is 0 Å². The van der Waals surface area contributed by atoms with Gasteiger partial charge in [-0.2, -0.15) is 0 Å². The van der Waals surface area contributed by atoms with Gasteiger partial charge in [0.2, 0.25) is 0 Å². The molecule has 0 bridgehead atoms. The molecule has 0 unspecified atom stereocenters. The van der Waals surface area contributed by atoms with Gasteiger partial charge < -0.3 is 19.8 Å². The Kier molecular flexibility index (Phi) is 6.21. The molecule has 2 N–H and O–H groups in total. The van der Waals surface area contributed by atoms with Crippen LogP contribution in [0.1, 0.15) is 17.0 Å². The molecule has 0 aliphatic rings. The number of carbonyl (C=O) groups excluding carboxylic acids is 3. The molecule has 0 radical (unpaired) electrons.